The molecule has 2 unspecified atom stereocenters. The maximum atomic E-state index is 11.4. The Balaban J connectivity index is 1.37. The Kier molecular flexibility index (Phi) is 6.83. The lowest BCUT2D eigenvalue weighted by Gasteiger charge is -2.35. The van der Waals surface area contributed by atoms with Gasteiger partial charge < -0.3 is 10.1 Å². The van der Waals surface area contributed by atoms with Gasteiger partial charge in [0.25, 0.3) is 0 Å². The summed E-state index contributed by atoms with van der Waals surface area (Å²) in [6.07, 6.45) is 2.13. The summed E-state index contributed by atoms with van der Waals surface area (Å²) in [7, 11) is -3.66. The van der Waals surface area contributed by atoms with Crippen molar-refractivity contribution in [1.29, 1.82) is 0 Å². The van der Waals surface area contributed by atoms with E-state index in [0.717, 1.165) is 18.4 Å². The quantitative estimate of drug-likeness (QED) is 0.590. The molecule has 5 nitrogen and oxygen atoms in total. The van der Waals surface area contributed by atoms with E-state index in [9.17, 15) is 8.42 Å². The Morgan fingerprint density at radius 3 is 1.94 bits per heavy atom. The Hall–Kier alpha value is -2.51. The highest BCUT2D eigenvalue weighted by atomic mass is 32.2. The summed E-state index contributed by atoms with van der Waals surface area (Å²) in [4.78, 5) is 0.132. The molecule has 1 saturated heterocycles. The molecule has 0 radical (unpaired) electrons. The summed E-state index contributed by atoms with van der Waals surface area (Å²) in [5.74, 6) is 0.217. The molecule has 0 saturated carbocycles. The normalized spacial score (nSPS) is 19.4. The first-order valence-corrected chi connectivity index (χ1v) is 12.1. The molecule has 0 spiro atoms. The number of nitrogens with two attached hydrogens (primary N) is 1. The second-order valence-corrected chi connectivity index (χ2v) is 9.58. The first-order chi connectivity index (χ1) is 15.0. The largest absolute Gasteiger partial charge is 0.376 e. The summed E-state index contributed by atoms with van der Waals surface area (Å²) in [6, 6.07) is 28.1. The summed E-state index contributed by atoms with van der Waals surface area (Å²) in [5, 5.41) is 8.69. The lowest BCUT2D eigenvalue weighted by molar-refractivity contribution is -0.0116. The van der Waals surface area contributed by atoms with Crippen molar-refractivity contribution in [2.75, 3.05) is 6.61 Å². The minimum Gasteiger partial charge on any atom is -0.376 e. The first kappa shape index (κ1) is 21.7. The fraction of sp³-hybridized carbons (Fsp3) is 0.280. The van der Waals surface area contributed by atoms with Gasteiger partial charge in [-0.15, -0.1) is 0 Å². The van der Waals surface area contributed by atoms with Gasteiger partial charge >= 0.3 is 0 Å². The summed E-state index contributed by atoms with van der Waals surface area (Å²) in [6.45, 7) is 1.31. The van der Waals surface area contributed by atoms with Gasteiger partial charge in [0.2, 0.25) is 10.0 Å². The van der Waals surface area contributed by atoms with E-state index in [2.05, 4.69) is 53.8 Å². The molecule has 0 bridgehead atoms. The zero-order chi connectivity index (χ0) is 21.7. The standard InChI is InChI=1S/C25H28N2O3S/c26-31(28,29)23-14-11-19(12-15-23)17-27-22-13-16-24(30-18-22)25(20-7-3-1-4-8-20)21-9-5-2-6-10-21/h1-12,14-15,22,24-25,27H,13,16-18H2,(H2,26,28,29). The van der Waals surface area contributed by atoms with Crippen LogP contribution in [-0.4, -0.2) is 27.2 Å². The molecular weight excluding hydrogens is 408 g/mol. The Morgan fingerprint density at radius 1 is 0.871 bits per heavy atom. The summed E-state index contributed by atoms with van der Waals surface area (Å²) < 4.78 is 29.1. The van der Waals surface area contributed by atoms with Crippen LogP contribution >= 0.6 is 0 Å². The molecule has 2 atom stereocenters. The molecule has 3 N–H and O–H groups in total. The zero-order valence-electron chi connectivity index (χ0n) is 17.4. The van der Waals surface area contributed by atoms with Crippen LogP contribution in [0.1, 0.15) is 35.4 Å². The van der Waals surface area contributed by atoms with Crippen LogP contribution in [0.4, 0.5) is 0 Å². The maximum Gasteiger partial charge on any atom is 0.238 e. The van der Waals surface area contributed by atoms with Gasteiger partial charge in [-0.3, -0.25) is 0 Å². The molecule has 162 valence electrons. The average molecular weight is 437 g/mol. The SMILES string of the molecule is NS(=O)(=O)c1ccc(CNC2CCC(C(c3ccccc3)c3ccccc3)OC2)cc1. The highest BCUT2D eigenvalue weighted by molar-refractivity contribution is 7.89. The molecule has 0 aliphatic carbocycles. The first-order valence-electron chi connectivity index (χ1n) is 10.6. The number of nitrogens with one attached hydrogen (secondary N) is 1. The zero-order valence-corrected chi connectivity index (χ0v) is 18.2. The minimum absolute atomic E-state index is 0.132. The number of benzene rings is 3. The topological polar surface area (TPSA) is 81.4 Å². The van der Waals surface area contributed by atoms with Gasteiger partial charge in [-0.2, -0.15) is 0 Å². The number of hydrogen-bond acceptors (Lipinski definition) is 4. The monoisotopic (exact) mass is 436 g/mol. The molecule has 1 aliphatic rings. The third-order valence-electron chi connectivity index (χ3n) is 5.85. The van der Waals surface area contributed by atoms with Crippen LogP contribution in [-0.2, 0) is 21.3 Å². The molecule has 3 aromatic rings. The van der Waals surface area contributed by atoms with E-state index in [-0.39, 0.29) is 23.0 Å². The van der Waals surface area contributed by atoms with Crippen molar-refractivity contribution in [2.24, 2.45) is 5.14 Å². The smallest absolute Gasteiger partial charge is 0.238 e. The predicted octanol–water partition coefficient (Wildman–Crippen LogP) is 3.80. The molecular formula is C25H28N2O3S. The van der Waals surface area contributed by atoms with Gasteiger partial charge in [-0.1, -0.05) is 72.8 Å². The van der Waals surface area contributed by atoms with Crippen molar-refractivity contribution in [3.05, 3.63) is 102 Å². The van der Waals surface area contributed by atoms with Crippen molar-refractivity contribution < 1.29 is 13.2 Å². The number of hydrogen-bond donors (Lipinski definition) is 2. The van der Waals surface area contributed by atoms with Crippen molar-refractivity contribution >= 4 is 10.0 Å². The molecule has 4 rings (SSSR count). The van der Waals surface area contributed by atoms with Gasteiger partial charge in [0, 0.05) is 18.5 Å². The second-order valence-electron chi connectivity index (χ2n) is 8.01. The van der Waals surface area contributed by atoms with Crippen molar-refractivity contribution in [2.45, 2.75) is 42.3 Å². The van der Waals surface area contributed by atoms with E-state index in [4.69, 9.17) is 9.88 Å². The molecule has 0 amide bonds. The molecule has 1 heterocycles. The summed E-state index contributed by atoms with van der Waals surface area (Å²) >= 11 is 0. The number of primary sulfonamides is 1. The second kappa shape index (κ2) is 9.75. The van der Waals surface area contributed by atoms with Crippen LogP contribution in [0.3, 0.4) is 0 Å². The number of ether oxygens (including phenoxy) is 1. The van der Waals surface area contributed by atoms with E-state index in [0.29, 0.717) is 13.2 Å². The molecule has 31 heavy (non-hydrogen) atoms. The van der Waals surface area contributed by atoms with E-state index in [1.165, 1.54) is 11.1 Å². The third-order valence-corrected chi connectivity index (χ3v) is 6.78. The molecule has 1 fully saturated rings. The number of sulfonamides is 1. The van der Waals surface area contributed by atoms with E-state index in [1.807, 2.05) is 12.1 Å². The highest BCUT2D eigenvalue weighted by Crippen LogP contribution is 2.34. The van der Waals surface area contributed by atoms with E-state index < -0.39 is 10.0 Å². The van der Waals surface area contributed by atoms with Gasteiger partial charge in [-0.25, -0.2) is 13.6 Å². The van der Waals surface area contributed by atoms with Crippen LogP contribution < -0.4 is 10.5 Å². The lowest BCUT2D eigenvalue weighted by Crippen LogP contribution is -2.41. The van der Waals surface area contributed by atoms with Crippen molar-refractivity contribution in [3.8, 4) is 0 Å². The van der Waals surface area contributed by atoms with Gasteiger partial charge in [-0.05, 0) is 41.7 Å². The fourth-order valence-electron chi connectivity index (χ4n) is 4.20. The molecule has 6 heteroatoms. The molecule has 0 aromatic heterocycles. The van der Waals surface area contributed by atoms with Crippen LogP contribution in [0.2, 0.25) is 0 Å². The Labute approximate surface area is 184 Å². The van der Waals surface area contributed by atoms with Crippen LogP contribution in [0, 0.1) is 0 Å². The predicted molar refractivity (Wildman–Crippen MR) is 122 cm³/mol. The van der Waals surface area contributed by atoms with Crippen molar-refractivity contribution in [1.82, 2.24) is 5.32 Å². The Morgan fingerprint density at radius 2 is 1.45 bits per heavy atom. The van der Waals surface area contributed by atoms with Gasteiger partial charge in [0.05, 0.1) is 17.6 Å². The van der Waals surface area contributed by atoms with Gasteiger partial charge in [0.15, 0.2) is 0 Å². The third kappa shape index (κ3) is 5.60. The maximum absolute atomic E-state index is 11.4. The highest BCUT2D eigenvalue weighted by Gasteiger charge is 2.30. The summed E-state index contributed by atoms with van der Waals surface area (Å²) in [5.41, 5.74) is 3.57. The Bertz CT molecular complexity index is 1020. The average Bonchev–Trinajstić information content (AvgIpc) is 2.80. The van der Waals surface area contributed by atoms with Crippen LogP contribution in [0.5, 0.6) is 0 Å². The van der Waals surface area contributed by atoms with Crippen LogP contribution in [0.25, 0.3) is 0 Å². The molecule has 1 aliphatic heterocycles. The fourth-order valence-corrected chi connectivity index (χ4v) is 4.71. The van der Waals surface area contributed by atoms with Crippen molar-refractivity contribution in [3.63, 3.8) is 0 Å². The van der Waals surface area contributed by atoms with Gasteiger partial charge in [0.1, 0.15) is 0 Å². The van der Waals surface area contributed by atoms with Crippen LogP contribution in [0.15, 0.2) is 89.8 Å². The minimum atomic E-state index is -3.66. The van der Waals surface area contributed by atoms with E-state index in [1.54, 1.807) is 24.3 Å². The lowest BCUT2D eigenvalue weighted by atomic mass is 9.83. The molecule has 3 aromatic carbocycles. The number of rotatable bonds is 7. The van der Waals surface area contributed by atoms with E-state index >= 15 is 0 Å².